The average Bonchev–Trinajstić information content (AvgIpc) is 2.57. The van der Waals surface area contributed by atoms with Crippen molar-refractivity contribution in [1.29, 1.82) is 0 Å². The van der Waals surface area contributed by atoms with Gasteiger partial charge >= 0.3 is 11.8 Å². The highest BCUT2D eigenvalue weighted by Crippen LogP contribution is 2.19. The number of carboxylic acids is 1. The van der Waals surface area contributed by atoms with Gasteiger partial charge in [0.25, 0.3) is 5.95 Å². The van der Waals surface area contributed by atoms with Crippen LogP contribution in [0.3, 0.4) is 0 Å². The number of aromatic nitrogens is 2. The van der Waals surface area contributed by atoms with Crippen LogP contribution in [0.25, 0.3) is 0 Å². The van der Waals surface area contributed by atoms with Gasteiger partial charge in [0.05, 0.1) is 7.05 Å². The van der Waals surface area contributed by atoms with Gasteiger partial charge in [0.1, 0.15) is 12.2 Å². The Morgan fingerprint density at radius 1 is 1.75 bits per heavy atom. The summed E-state index contributed by atoms with van der Waals surface area (Å²) in [4.78, 5) is 25.9. The quantitative estimate of drug-likeness (QED) is 0.585. The number of anilines is 1. The Hall–Kier alpha value is -2.12. The molecule has 0 aromatic carbocycles. The van der Waals surface area contributed by atoms with Gasteiger partial charge in [-0.15, -0.1) is 0 Å². The fourth-order valence-corrected chi connectivity index (χ4v) is 1.23. The van der Waals surface area contributed by atoms with Crippen molar-refractivity contribution < 1.29 is 14.8 Å². The van der Waals surface area contributed by atoms with Crippen LogP contribution in [0, 0.1) is 10.1 Å². The van der Waals surface area contributed by atoms with E-state index < -0.39 is 16.9 Å². The molecule has 1 atom stereocenters. The Morgan fingerprint density at radius 2 is 2.31 bits per heavy atom. The first-order valence-electron chi connectivity index (χ1n) is 4.48. The van der Waals surface area contributed by atoms with Crippen molar-refractivity contribution >= 4 is 17.7 Å². The molecule has 0 radical (unpaired) electrons. The highest BCUT2D eigenvalue weighted by atomic mass is 16.6. The molecule has 0 aliphatic rings. The van der Waals surface area contributed by atoms with Crippen molar-refractivity contribution in [2.24, 2.45) is 7.05 Å². The molecular formula is C8H12N4O4. The van der Waals surface area contributed by atoms with E-state index in [9.17, 15) is 14.9 Å². The molecule has 0 aliphatic carbocycles. The molecule has 0 amide bonds. The fourth-order valence-electron chi connectivity index (χ4n) is 1.23. The van der Waals surface area contributed by atoms with Crippen LogP contribution in [0.1, 0.15) is 6.92 Å². The topological polar surface area (TPSA) is 102 Å². The molecule has 1 aromatic heterocycles. The van der Waals surface area contributed by atoms with E-state index in [2.05, 4.69) is 4.98 Å². The molecule has 0 spiro atoms. The van der Waals surface area contributed by atoms with Crippen LogP contribution in [0.5, 0.6) is 0 Å². The molecule has 1 rings (SSSR count). The molecular weight excluding hydrogens is 216 g/mol. The predicted octanol–water partition coefficient (Wildman–Crippen LogP) is 0.238. The second-order valence-electron chi connectivity index (χ2n) is 3.36. The van der Waals surface area contributed by atoms with Gasteiger partial charge in [0, 0.05) is 7.05 Å². The number of hydrogen-bond acceptors (Lipinski definition) is 5. The van der Waals surface area contributed by atoms with Crippen LogP contribution in [0.2, 0.25) is 0 Å². The Labute approximate surface area is 91.3 Å². The normalized spacial score (nSPS) is 12.2. The third-order valence-electron chi connectivity index (χ3n) is 2.38. The van der Waals surface area contributed by atoms with Gasteiger partial charge in [-0.2, -0.15) is 9.55 Å². The summed E-state index contributed by atoms with van der Waals surface area (Å²) in [6, 6.07) is -0.805. The Morgan fingerprint density at radius 3 is 2.69 bits per heavy atom. The predicted molar refractivity (Wildman–Crippen MR) is 55.4 cm³/mol. The number of nitro groups is 1. The van der Waals surface area contributed by atoms with E-state index in [1.165, 1.54) is 30.5 Å². The SMILES string of the molecule is CC(C(=O)O)N(C)c1ncc([N+](=O)[O-])n1C. The Kier molecular flexibility index (Phi) is 3.11. The van der Waals surface area contributed by atoms with E-state index in [0.717, 1.165) is 6.20 Å². The molecule has 0 bridgehead atoms. The van der Waals surface area contributed by atoms with Crippen LogP contribution in [-0.4, -0.2) is 38.6 Å². The molecule has 88 valence electrons. The second kappa shape index (κ2) is 4.17. The molecule has 0 aliphatic heterocycles. The molecule has 1 N–H and O–H groups in total. The minimum atomic E-state index is -1.02. The third-order valence-corrected chi connectivity index (χ3v) is 2.38. The van der Waals surface area contributed by atoms with Crippen molar-refractivity contribution in [3.63, 3.8) is 0 Å². The van der Waals surface area contributed by atoms with E-state index in [0.29, 0.717) is 0 Å². The van der Waals surface area contributed by atoms with Crippen LogP contribution in [-0.2, 0) is 11.8 Å². The molecule has 1 heterocycles. The minimum Gasteiger partial charge on any atom is -0.480 e. The maximum absolute atomic E-state index is 10.8. The molecule has 1 aromatic rings. The minimum absolute atomic E-state index is 0.181. The first kappa shape index (κ1) is 12.0. The smallest absolute Gasteiger partial charge is 0.344 e. The summed E-state index contributed by atoms with van der Waals surface area (Å²) in [5.41, 5.74) is 0. The molecule has 8 heteroatoms. The number of carboxylic acid groups (broad SMARTS) is 1. The van der Waals surface area contributed by atoms with Gasteiger partial charge < -0.3 is 20.1 Å². The van der Waals surface area contributed by atoms with Crippen LogP contribution in [0.4, 0.5) is 11.8 Å². The second-order valence-corrected chi connectivity index (χ2v) is 3.36. The molecule has 16 heavy (non-hydrogen) atoms. The molecule has 0 fully saturated rings. The van der Waals surface area contributed by atoms with Gasteiger partial charge in [-0.05, 0) is 11.8 Å². The summed E-state index contributed by atoms with van der Waals surface area (Å²) in [7, 11) is 2.98. The van der Waals surface area contributed by atoms with Crippen molar-refractivity contribution in [3.05, 3.63) is 16.3 Å². The van der Waals surface area contributed by atoms with E-state index in [1.807, 2.05) is 0 Å². The van der Waals surface area contributed by atoms with Crippen LogP contribution < -0.4 is 4.90 Å². The van der Waals surface area contributed by atoms with Crippen LogP contribution >= 0.6 is 0 Å². The van der Waals surface area contributed by atoms with E-state index in [1.54, 1.807) is 0 Å². The maximum atomic E-state index is 10.8. The number of imidazole rings is 1. The first-order chi connectivity index (χ1) is 7.36. The lowest BCUT2D eigenvalue weighted by atomic mass is 10.3. The highest BCUT2D eigenvalue weighted by Gasteiger charge is 2.25. The number of aliphatic carboxylic acids is 1. The van der Waals surface area contributed by atoms with Gasteiger partial charge in [-0.1, -0.05) is 0 Å². The van der Waals surface area contributed by atoms with Crippen molar-refractivity contribution in [3.8, 4) is 0 Å². The summed E-state index contributed by atoms with van der Waals surface area (Å²) >= 11 is 0. The van der Waals surface area contributed by atoms with Gasteiger partial charge in [0.15, 0.2) is 0 Å². The lowest BCUT2D eigenvalue weighted by molar-refractivity contribution is -0.391. The van der Waals surface area contributed by atoms with Crippen molar-refractivity contribution in [2.45, 2.75) is 13.0 Å². The maximum Gasteiger partial charge on any atom is 0.344 e. The number of rotatable bonds is 4. The summed E-state index contributed by atoms with van der Waals surface area (Å²) in [6.07, 6.45) is 1.10. The lowest BCUT2D eigenvalue weighted by Crippen LogP contribution is -2.37. The molecule has 0 saturated heterocycles. The Bertz CT molecular complexity index is 428. The zero-order chi connectivity index (χ0) is 12.5. The fraction of sp³-hybridized carbons (Fsp3) is 0.500. The number of nitrogens with zero attached hydrogens (tertiary/aromatic N) is 4. The molecule has 8 nitrogen and oxygen atoms in total. The number of hydrogen-bond donors (Lipinski definition) is 1. The first-order valence-corrected chi connectivity index (χ1v) is 4.48. The van der Waals surface area contributed by atoms with Crippen molar-refractivity contribution in [2.75, 3.05) is 11.9 Å². The van der Waals surface area contributed by atoms with Crippen molar-refractivity contribution in [1.82, 2.24) is 9.55 Å². The summed E-state index contributed by atoms with van der Waals surface area (Å²) < 4.78 is 1.24. The average molecular weight is 228 g/mol. The van der Waals surface area contributed by atoms with E-state index in [-0.39, 0.29) is 11.8 Å². The molecule has 1 unspecified atom stereocenters. The van der Waals surface area contributed by atoms with Gasteiger partial charge in [-0.3, -0.25) is 0 Å². The monoisotopic (exact) mass is 228 g/mol. The zero-order valence-corrected chi connectivity index (χ0v) is 9.12. The summed E-state index contributed by atoms with van der Waals surface area (Å²) in [5, 5.41) is 19.4. The third kappa shape index (κ3) is 1.95. The highest BCUT2D eigenvalue weighted by molar-refractivity contribution is 5.76. The standard InChI is InChI=1S/C8H12N4O4/c1-5(7(13)14)10(2)8-9-4-6(11(8)3)12(15)16/h4-5H,1-3H3,(H,13,14). The zero-order valence-electron chi connectivity index (χ0n) is 9.12. The summed E-state index contributed by atoms with van der Waals surface area (Å²) in [5.74, 6) is -0.964. The van der Waals surface area contributed by atoms with Gasteiger partial charge in [0.2, 0.25) is 0 Å². The van der Waals surface area contributed by atoms with E-state index >= 15 is 0 Å². The summed E-state index contributed by atoms with van der Waals surface area (Å²) in [6.45, 7) is 1.48. The van der Waals surface area contributed by atoms with Crippen LogP contribution in [0.15, 0.2) is 6.20 Å². The lowest BCUT2D eigenvalue weighted by Gasteiger charge is -2.19. The van der Waals surface area contributed by atoms with E-state index in [4.69, 9.17) is 5.11 Å². The Balaban J connectivity index is 3.06. The largest absolute Gasteiger partial charge is 0.480 e. The van der Waals surface area contributed by atoms with Gasteiger partial charge in [-0.25, -0.2) is 4.79 Å². The molecule has 0 saturated carbocycles. The number of likely N-dealkylation sites (N-methyl/N-ethyl adjacent to an activating group) is 1. The number of carbonyl (C=O) groups is 1.